The molecule has 0 fully saturated rings. The smallest absolute Gasteiger partial charge is 0.462 e. The average Bonchev–Trinajstić information content (AvgIpc) is 3.27. The van der Waals surface area contributed by atoms with Gasteiger partial charge in [0, 0.05) is 13.0 Å². The minimum Gasteiger partial charge on any atom is -0.462 e. The van der Waals surface area contributed by atoms with Crippen LogP contribution in [0.5, 0.6) is 0 Å². The molecular weight excluding hydrogens is 810 g/mol. The molecule has 362 valence electrons. The van der Waals surface area contributed by atoms with E-state index in [-0.39, 0.29) is 32.6 Å². The summed E-state index contributed by atoms with van der Waals surface area (Å²) in [5.41, 5.74) is 5.35. The van der Waals surface area contributed by atoms with Gasteiger partial charge in [0.1, 0.15) is 6.61 Å². The number of phosphoric ester groups is 1. The zero-order valence-corrected chi connectivity index (χ0v) is 40.9. The quantitative estimate of drug-likeness (QED) is 0.0265. The summed E-state index contributed by atoms with van der Waals surface area (Å²) in [4.78, 5) is 34.9. The summed E-state index contributed by atoms with van der Waals surface area (Å²) in [5, 5.41) is 0. The fraction of sp³-hybridized carbons (Fsp3) is 0.698. The van der Waals surface area contributed by atoms with E-state index < -0.39 is 32.5 Å². The Bertz CT molecular complexity index is 1300. The van der Waals surface area contributed by atoms with Crippen LogP contribution in [0.2, 0.25) is 0 Å². The van der Waals surface area contributed by atoms with Gasteiger partial charge in [-0.15, -0.1) is 0 Å². The zero-order valence-electron chi connectivity index (χ0n) is 40.0. The van der Waals surface area contributed by atoms with Gasteiger partial charge in [-0.2, -0.15) is 0 Å². The second-order valence-corrected chi connectivity index (χ2v) is 17.8. The number of esters is 2. The van der Waals surface area contributed by atoms with Gasteiger partial charge in [0.05, 0.1) is 19.6 Å². The number of rotatable bonds is 46. The van der Waals surface area contributed by atoms with Crippen molar-refractivity contribution in [2.75, 3.05) is 26.4 Å². The van der Waals surface area contributed by atoms with E-state index >= 15 is 0 Å². The van der Waals surface area contributed by atoms with Crippen LogP contribution in [0, 0.1) is 0 Å². The monoisotopic (exact) mass is 902 g/mol. The summed E-state index contributed by atoms with van der Waals surface area (Å²) in [7, 11) is -4.41. The van der Waals surface area contributed by atoms with Crippen molar-refractivity contribution in [3.05, 3.63) is 85.1 Å². The second kappa shape index (κ2) is 48.6. The van der Waals surface area contributed by atoms with Gasteiger partial charge < -0.3 is 20.1 Å². The first-order valence-corrected chi connectivity index (χ1v) is 26.6. The van der Waals surface area contributed by atoms with Crippen molar-refractivity contribution in [1.29, 1.82) is 0 Å². The van der Waals surface area contributed by atoms with E-state index in [4.69, 9.17) is 24.3 Å². The van der Waals surface area contributed by atoms with Crippen molar-refractivity contribution in [3.63, 3.8) is 0 Å². The van der Waals surface area contributed by atoms with Crippen molar-refractivity contribution in [3.8, 4) is 0 Å². The number of carbonyl (C=O) groups excluding carboxylic acids is 2. The molecule has 0 saturated heterocycles. The molecule has 0 aromatic carbocycles. The molecule has 0 saturated carbocycles. The number of nitrogens with two attached hydrogens (primary N) is 1. The highest BCUT2D eigenvalue weighted by Gasteiger charge is 2.25. The largest absolute Gasteiger partial charge is 0.472 e. The lowest BCUT2D eigenvalue weighted by atomic mass is 10.0. The number of ether oxygens (including phenoxy) is 2. The van der Waals surface area contributed by atoms with Crippen LogP contribution in [0.15, 0.2) is 85.1 Å². The normalized spacial score (nSPS) is 13.9. The molecule has 0 spiro atoms. The maximum Gasteiger partial charge on any atom is 0.472 e. The number of allylic oxidation sites excluding steroid dienone is 13. The van der Waals surface area contributed by atoms with Gasteiger partial charge >= 0.3 is 19.8 Å². The molecule has 0 amide bonds. The lowest BCUT2D eigenvalue weighted by Crippen LogP contribution is -2.29. The summed E-state index contributed by atoms with van der Waals surface area (Å²) < 4.78 is 32.7. The lowest BCUT2D eigenvalue weighted by Gasteiger charge is -2.19. The first kappa shape index (κ1) is 60.2. The van der Waals surface area contributed by atoms with Gasteiger partial charge in [-0.1, -0.05) is 208 Å². The molecule has 0 radical (unpaired) electrons. The van der Waals surface area contributed by atoms with Crippen LogP contribution in [-0.4, -0.2) is 49.3 Å². The summed E-state index contributed by atoms with van der Waals surface area (Å²) >= 11 is 0. The Hall–Kier alpha value is -2.81. The molecule has 63 heavy (non-hydrogen) atoms. The van der Waals surface area contributed by atoms with E-state index in [2.05, 4.69) is 80.7 Å². The molecule has 0 heterocycles. The van der Waals surface area contributed by atoms with Crippen molar-refractivity contribution < 1.29 is 37.6 Å². The van der Waals surface area contributed by atoms with E-state index in [1.165, 1.54) is 122 Å². The van der Waals surface area contributed by atoms with Crippen molar-refractivity contribution in [2.45, 2.75) is 213 Å². The van der Waals surface area contributed by atoms with Crippen molar-refractivity contribution in [2.24, 2.45) is 5.73 Å². The van der Waals surface area contributed by atoms with E-state index in [1.54, 1.807) is 6.08 Å². The number of hydrogen-bond donors (Lipinski definition) is 2. The third kappa shape index (κ3) is 48.5. The molecule has 2 atom stereocenters. The minimum absolute atomic E-state index is 0.00472. The number of hydrogen-bond acceptors (Lipinski definition) is 8. The maximum atomic E-state index is 12.5. The zero-order chi connectivity index (χ0) is 46.0. The number of phosphoric acid groups is 1. The Morgan fingerprint density at radius 2 is 0.921 bits per heavy atom. The maximum absolute atomic E-state index is 12.5. The molecule has 10 heteroatoms. The highest BCUT2D eigenvalue weighted by atomic mass is 31.2. The van der Waals surface area contributed by atoms with E-state index in [9.17, 15) is 19.0 Å². The summed E-state index contributed by atoms with van der Waals surface area (Å²) in [6, 6.07) is 0. The standard InChI is InChI=1S/C53H92NO8P/c1-3-5-7-9-11-13-15-17-19-20-21-22-23-24-25-26-27-28-29-30-32-33-35-37-39-41-43-45-52(55)59-49-51(50-61-63(57,58)60-48-47-54)62-53(56)46-44-42-40-38-36-34-31-18-16-14-12-10-8-6-4-2/h6,8,12,14-15,17-18,20-21,31,36,38,42,44,51H,3-5,7,9-11,13,16,19,22-30,32-35,37,39-41,43,45-50,54H2,1-2H3,(H,57,58)/b8-6-,14-12-,17-15-,21-20-,31-18-,38-36-,44-42-. The number of unbranched alkanes of at least 4 members (excludes halogenated alkanes) is 20. The predicted octanol–water partition coefficient (Wildman–Crippen LogP) is 15.2. The van der Waals surface area contributed by atoms with E-state index in [0.29, 0.717) is 6.42 Å². The van der Waals surface area contributed by atoms with Crippen LogP contribution < -0.4 is 5.73 Å². The molecule has 0 bridgehead atoms. The molecule has 0 rings (SSSR count). The molecule has 0 aliphatic carbocycles. The van der Waals surface area contributed by atoms with Gasteiger partial charge in [0.15, 0.2) is 6.10 Å². The van der Waals surface area contributed by atoms with Crippen LogP contribution in [0.3, 0.4) is 0 Å². The topological polar surface area (TPSA) is 134 Å². The first-order chi connectivity index (χ1) is 30.8. The van der Waals surface area contributed by atoms with E-state index in [0.717, 1.165) is 51.4 Å². The van der Waals surface area contributed by atoms with Crippen LogP contribution in [0.25, 0.3) is 0 Å². The molecular formula is C53H92NO8P. The highest BCUT2D eigenvalue weighted by Crippen LogP contribution is 2.43. The van der Waals surface area contributed by atoms with Gasteiger partial charge in [-0.25, -0.2) is 4.57 Å². The van der Waals surface area contributed by atoms with Crippen LogP contribution in [0.4, 0.5) is 0 Å². The molecule has 3 N–H and O–H groups in total. The Kier molecular flexibility index (Phi) is 46.5. The minimum atomic E-state index is -4.41. The van der Waals surface area contributed by atoms with Crippen molar-refractivity contribution in [1.82, 2.24) is 0 Å². The Morgan fingerprint density at radius 1 is 0.508 bits per heavy atom. The lowest BCUT2D eigenvalue weighted by molar-refractivity contribution is -0.160. The molecule has 9 nitrogen and oxygen atoms in total. The SMILES string of the molecule is CC/C=C\C/C=C\C/C=C\C/C=C\C/C=C\CC(=O)OC(COC(=O)CCCCCCCCCCCCCCCCC/C=C\C/C=C\CCCCCCC)COP(=O)(O)OCCN. The van der Waals surface area contributed by atoms with Gasteiger partial charge in [-0.3, -0.25) is 18.6 Å². The Labute approximate surface area is 385 Å². The van der Waals surface area contributed by atoms with Crippen molar-refractivity contribution >= 4 is 19.8 Å². The van der Waals surface area contributed by atoms with E-state index in [1.807, 2.05) is 12.2 Å². The Balaban J connectivity index is 4.06. The number of carbonyl (C=O) groups is 2. The molecule has 0 aromatic heterocycles. The Morgan fingerprint density at radius 3 is 1.38 bits per heavy atom. The fourth-order valence-electron chi connectivity index (χ4n) is 6.62. The highest BCUT2D eigenvalue weighted by molar-refractivity contribution is 7.47. The molecule has 0 aliphatic rings. The van der Waals surface area contributed by atoms with Crippen LogP contribution >= 0.6 is 7.82 Å². The molecule has 2 unspecified atom stereocenters. The summed E-state index contributed by atoms with van der Waals surface area (Å²) in [5.74, 6) is -0.978. The van der Waals surface area contributed by atoms with Gasteiger partial charge in [0.25, 0.3) is 0 Å². The second-order valence-electron chi connectivity index (χ2n) is 16.3. The molecule has 0 aromatic rings. The fourth-order valence-corrected chi connectivity index (χ4v) is 7.39. The summed E-state index contributed by atoms with van der Waals surface area (Å²) in [6.07, 6.45) is 62.4. The predicted molar refractivity (Wildman–Crippen MR) is 265 cm³/mol. The average molecular weight is 902 g/mol. The molecule has 0 aliphatic heterocycles. The third-order valence-electron chi connectivity index (χ3n) is 10.3. The van der Waals surface area contributed by atoms with Crippen LogP contribution in [0.1, 0.15) is 206 Å². The third-order valence-corrected chi connectivity index (χ3v) is 11.3. The van der Waals surface area contributed by atoms with Gasteiger partial charge in [0.2, 0.25) is 0 Å². The van der Waals surface area contributed by atoms with Gasteiger partial charge in [-0.05, 0) is 70.6 Å². The summed E-state index contributed by atoms with van der Waals surface area (Å²) in [6.45, 7) is 3.50. The van der Waals surface area contributed by atoms with Crippen LogP contribution in [-0.2, 0) is 32.7 Å². The first-order valence-electron chi connectivity index (χ1n) is 25.1.